The van der Waals surface area contributed by atoms with E-state index in [0.29, 0.717) is 25.9 Å². The van der Waals surface area contributed by atoms with Crippen LogP contribution >= 0.6 is 24.8 Å². The number of hydrogen-bond donors (Lipinski definition) is 3. The van der Waals surface area contributed by atoms with Gasteiger partial charge in [-0.05, 0) is 43.0 Å². The molecule has 1 unspecified atom stereocenters. The fourth-order valence-corrected chi connectivity index (χ4v) is 4.39. The topological polar surface area (TPSA) is 108 Å². The molecule has 0 saturated carbocycles. The number of aliphatic hydroxyl groups is 1. The van der Waals surface area contributed by atoms with Crippen LogP contribution in [0.4, 0.5) is 10.5 Å². The third-order valence-electron chi connectivity index (χ3n) is 6.21. The highest BCUT2D eigenvalue weighted by Crippen LogP contribution is 2.32. The van der Waals surface area contributed by atoms with Crippen molar-refractivity contribution in [1.29, 1.82) is 0 Å². The molecule has 8 nitrogen and oxygen atoms in total. The monoisotopic (exact) mass is 520 g/mol. The number of nitrogens with zero attached hydrogens (tertiary/aromatic N) is 2. The third-order valence-corrected chi connectivity index (χ3v) is 6.21. The lowest BCUT2D eigenvalue weighted by atomic mass is 9.80. The van der Waals surface area contributed by atoms with Crippen molar-refractivity contribution in [2.45, 2.75) is 65.1 Å². The summed E-state index contributed by atoms with van der Waals surface area (Å²) in [7, 11) is 1.33. The van der Waals surface area contributed by atoms with Gasteiger partial charge in [0.1, 0.15) is 0 Å². The number of para-hydroxylation sites is 1. The maximum Gasteiger partial charge on any atom is 0.407 e. The molecule has 0 aliphatic carbocycles. The summed E-state index contributed by atoms with van der Waals surface area (Å²) in [5.41, 5.74) is 7.82. The smallest absolute Gasteiger partial charge is 0.407 e. The SMILES string of the molecule is CCN(CC)C[C@H](O)[C@@H](N)CC(C)(C)CC(=O)N1CC(NC(=O)OC)Cc2ccccc21.Cl.Cl. The van der Waals surface area contributed by atoms with E-state index in [1.54, 1.807) is 4.90 Å². The molecule has 1 aromatic rings. The molecule has 0 fully saturated rings. The van der Waals surface area contributed by atoms with Crippen molar-refractivity contribution < 1.29 is 19.4 Å². The second kappa shape index (κ2) is 14.7. The number of nitrogens with two attached hydrogens (primary N) is 1. The molecule has 1 aliphatic heterocycles. The number of anilines is 1. The Bertz CT molecular complexity index is 777. The molecule has 1 heterocycles. The van der Waals surface area contributed by atoms with Gasteiger partial charge in [0.2, 0.25) is 5.91 Å². The molecule has 2 amide bonds. The minimum Gasteiger partial charge on any atom is -0.453 e. The Kier molecular flexibility index (Phi) is 14.1. The Hall–Kier alpha value is -1.58. The van der Waals surface area contributed by atoms with E-state index in [0.717, 1.165) is 24.3 Å². The van der Waals surface area contributed by atoms with Crippen molar-refractivity contribution in [3.8, 4) is 0 Å². The van der Waals surface area contributed by atoms with Crippen LogP contribution in [0.1, 0.15) is 46.1 Å². The number of fused-ring (bicyclic) bond motifs is 1. The summed E-state index contributed by atoms with van der Waals surface area (Å²) < 4.78 is 4.73. The number of nitrogens with one attached hydrogen (secondary N) is 1. The number of amides is 2. The molecule has 0 bridgehead atoms. The molecular weight excluding hydrogens is 479 g/mol. The quantitative estimate of drug-likeness (QED) is 0.437. The van der Waals surface area contributed by atoms with Crippen LogP contribution in [0, 0.1) is 5.41 Å². The first-order chi connectivity index (χ1) is 15.1. The summed E-state index contributed by atoms with van der Waals surface area (Å²) in [5, 5.41) is 13.4. The number of aliphatic hydroxyl groups excluding tert-OH is 1. The predicted molar refractivity (Wildman–Crippen MR) is 141 cm³/mol. The van der Waals surface area contributed by atoms with Gasteiger partial charge in [-0.2, -0.15) is 0 Å². The van der Waals surface area contributed by atoms with Gasteiger partial charge in [-0.3, -0.25) is 4.79 Å². The second-order valence-corrected chi connectivity index (χ2v) is 9.43. The van der Waals surface area contributed by atoms with Crippen LogP contribution in [0.3, 0.4) is 0 Å². The van der Waals surface area contributed by atoms with Gasteiger partial charge in [0.25, 0.3) is 0 Å². The number of carbonyl (C=O) groups is 2. The summed E-state index contributed by atoms with van der Waals surface area (Å²) >= 11 is 0. The van der Waals surface area contributed by atoms with Gasteiger partial charge in [-0.25, -0.2) is 4.79 Å². The van der Waals surface area contributed by atoms with E-state index in [1.807, 2.05) is 38.1 Å². The Morgan fingerprint density at radius 3 is 2.47 bits per heavy atom. The largest absolute Gasteiger partial charge is 0.453 e. The highest BCUT2D eigenvalue weighted by atomic mass is 35.5. The van der Waals surface area contributed by atoms with Gasteiger partial charge in [0.05, 0.1) is 19.3 Å². The second-order valence-electron chi connectivity index (χ2n) is 9.43. The molecule has 0 radical (unpaired) electrons. The number of ether oxygens (including phenoxy) is 1. The zero-order chi connectivity index (χ0) is 23.9. The molecule has 3 atom stereocenters. The van der Waals surface area contributed by atoms with Crippen molar-refractivity contribution >= 4 is 42.5 Å². The molecule has 0 aromatic heterocycles. The van der Waals surface area contributed by atoms with Crippen molar-refractivity contribution in [2.75, 3.05) is 38.2 Å². The molecule has 0 spiro atoms. The van der Waals surface area contributed by atoms with Crippen LogP contribution in [-0.4, -0.2) is 73.5 Å². The molecule has 2 rings (SSSR count). The molecule has 4 N–H and O–H groups in total. The highest BCUT2D eigenvalue weighted by molar-refractivity contribution is 5.95. The molecule has 1 aliphatic rings. The lowest BCUT2D eigenvalue weighted by Crippen LogP contribution is -2.51. The Morgan fingerprint density at radius 2 is 1.88 bits per heavy atom. The van der Waals surface area contributed by atoms with Gasteiger partial charge >= 0.3 is 6.09 Å². The number of hydrogen-bond acceptors (Lipinski definition) is 6. The summed E-state index contributed by atoms with van der Waals surface area (Å²) in [6.07, 6.45) is 0.309. The van der Waals surface area contributed by atoms with Crippen molar-refractivity contribution in [3.63, 3.8) is 0 Å². The van der Waals surface area contributed by atoms with E-state index in [4.69, 9.17) is 10.5 Å². The minimum absolute atomic E-state index is 0. The fraction of sp³-hybridized carbons (Fsp3) is 0.667. The van der Waals surface area contributed by atoms with Crippen LogP contribution in [0.15, 0.2) is 24.3 Å². The van der Waals surface area contributed by atoms with E-state index in [-0.39, 0.29) is 43.2 Å². The van der Waals surface area contributed by atoms with Crippen LogP contribution < -0.4 is 16.0 Å². The summed E-state index contributed by atoms with van der Waals surface area (Å²) in [4.78, 5) is 29.0. The first-order valence-corrected chi connectivity index (χ1v) is 11.5. The van der Waals surface area contributed by atoms with Crippen LogP contribution in [0.25, 0.3) is 0 Å². The number of carbonyl (C=O) groups excluding carboxylic acids is 2. The number of rotatable bonds is 10. The minimum atomic E-state index is -0.645. The number of benzene rings is 1. The number of halogens is 2. The van der Waals surface area contributed by atoms with Crippen molar-refractivity contribution in [2.24, 2.45) is 11.1 Å². The van der Waals surface area contributed by atoms with Gasteiger partial charge in [-0.15, -0.1) is 24.8 Å². The van der Waals surface area contributed by atoms with Gasteiger partial charge in [0, 0.05) is 31.2 Å². The first-order valence-electron chi connectivity index (χ1n) is 11.5. The van der Waals surface area contributed by atoms with Crippen LogP contribution in [-0.2, 0) is 16.0 Å². The zero-order valence-electron chi connectivity index (χ0n) is 21.0. The van der Waals surface area contributed by atoms with Gasteiger partial charge < -0.3 is 30.7 Å². The average Bonchev–Trinajstić information content (AvgIpc) is 2.75. The summed E-state index contributed by atoms with van der Waals surface area (Å²) in [6, 6.07) is 7.13. The van der Waals surface area contributed by atoms with Crippen LogP contribution in [0.2, 0.25) is 0 Å². The summed E-state index contributed by atoms with van der Waals surface area (Å²) in [5.74, 6) is -0.0238. The lowest BCUT2D eigenvalue weighted by Gasteiger charge is -2.37. The number of likely N-dealkylation sites (N-methyl/N-ethyl adjacent to an activating group) is 1. The Balaban J connectivity index is 0.00000544. The first kappa shape index (κ1) is 32.4. The highest BCUT2D eigenvalue weighted by Gasteiger charge is 2.34. The standard InChI is InChI=1S/C24H40N4O4.2ClH/c1-6-27(7-2)16-21(29)19(25)13-24(3,4)14-22(30)28-15-18(26-23(31)32-5)12-17-10-8-9-11-20(17)28;;/h8-11,18-19,21,29H,6-7,12-16,25H2,1-5H3,(H,26,31);2*1H/t18?,19-,21-;;/m0../s1. The van der Waals surface area contributed by atoms with E-state index >= 15 is 0 Å². The maximum absolute atomic E-state index is 13.4. The van der Waals surface area contributed by atoms with Gasteiger partial charge in [0.15, 0.2) is 0 Å². The molecule has 1 aromatic carbocycles. The van der Waals surface area contributed by atoms with Crippen LogP contribution in [0.5, 0.6) is 0 Å². The molecule has 196 valence electrons. The number of methoxy groups -OCH3 is 1. The average molecular weight is 522 g/mol. The summed E-state index contributed by atoms with van der Waals surface area (Å²) in [6.45, 7) is 10.8. The number of alkyl carbamates (subject to hydrolysis) is 1. The molecule has 10 heteroatoms. The van der Waals surface area contributed by atoms with Crippen molar-refractivity contribution in [1.82, 2.24) is 10.2 Å². The normalized spacial score (nSPS) is 17.1. The fourth-order valence-electron chi connectivity index (χ4n) is 4.39. The predicted octanol–water partition coefficient (Wildman–Crippen LogP) is 2.98. The van der Waals surface area contributed by atoms with Crippen molar-refractivity contribution in [3.05, 3.63) is 29.8 Å². The molecule has 0 saturated heterocycles. The molecular formula is C24H42Cl2N4O4. The Morgan fingerprint density at radius 1 is 1.26 bits per heavy atom. The van der Waals surface area contributed by atoms with E-state index in [2.05, 4.69) is 24.1 Å². The molecule has 34 heavy (non-hydrogen) atoms. The lowest BCUT2D eigenvalue weighted by molar-refractivity contribution is -0.120. The van der Waals surface area contributed by atoms with Gasteiger partial charge in [-0.1, -0.05) is 45.9 Å². The van der Waals surface area contributed by atoms with E-state index in [9.17, 15) is 14.7 Å². The van der Waals surface area contributed by atoms with E-state index in [1.165, 1.54) is 7.11 Å². The maximum atomic E-state index is 13.4. The zero-order valence-corrected chi connectivity index (χ0v) is 22.6. The Labute approximate surface area is 216 Å². The third kappa shape index (κ3) is 9.23. The van der Waals surface area contributed by atoms with E-state index < -0.39 is 23.7 Å².